The second-order valence-corrected chi connectivity index (χ2v) is 11.7. The predicted octanol–water partition coefficient (Wildman–Crippen LogP) is 0.561. The maximum Gasteiger partial charge on any atom is 0.329 e. The number of allylic oxidation sites excluding steroid dienone is 1. The van der Waals surface area contributed by atoms with Crippen molar-refractivity contribution in [2.24, 2.45) is 5.92 Å². The van der Waals surface area contributed by atoms with Crippen LogP contribution in [0.5, 0.6) is 0 Å². The van der Waals surface area contributed by atoms with Crippen molar-refractivity contribution in [1.29, 1.82) is 0 Å². The molecule has 37 heavy (non-hydrogen) atoms. The molecule has 6 N–H and O–H groups in total. The van der Waals surface area contributed by atoms with Crippen LogP contribution < -0.4 is 21.7 Å². The number of aromatic nitrogens is 1. The van der Waals surface area contributed by atoms with Crippen LogP contribution in [-0.2, 0) is 30.5 Å². The van der Waals surface area contributed by atoms with E-state index in [1.807, 2.05) is 0 Å². The van der Waals surface area contributed by atoms with Gasteiger partial charge in [-0.15, -0.1) is 11.3 Å². The van der Waals surface area contributed by atoms with E-state index in [2.05, 4.69) is 26.7 Å². The van der Waals surface area contributed by atoms with E-state index in [9.17, 15) is 24.0 Å². The highest BCUT2D eigenvalue weighted by molar-refractivity contribution is 8.13. The zero-order valence-electron chi connectivity index (χ0n) is 21.8. The second kappa shape index (κ2) is 13.7. The fourth-order valence-corrected chi connectivity index (χ4v) is 4.59. The average Bonchev–Trinajstić information content (AvgIpc) is 3.28. The van der Waals surface area contributed by atoms with E-state index < -0.39 is 35.5 Å². The molecule has 1 aromatic heterocycles. The first kappa shape index (κ1) is 30.5. The molecular formula is C24H36N5O6S2+. The molecule has 204 valence electrons. The minimum atomic E-state index is -1.33. The van der Waals surface area contributed by atoms with Crippen LogP contribution in [0, 0.1) is 5.92 Å². The summed E-state index contributed by atoms with van der Waals surface area (Å²) < 4.78 is 5.64. The third kappa shape index (κ3) is 9.56. The molecule has 0 aromatic carbocycles. The minimum absolute atomic E-state index is 0.0103. The van der Waals surface area contributed by atoms with Gasteiger partial charge in [0.2, 0.25) is 16.9 Å². The van der Waals surface area contributed by atoms with E-state index in [1.54, 1.807) is 38.3 Å². The number of rotatable bonds is 6. The van der Waals surface area contributed by atoms with E-state index in [1.165, 1.54) is 36.9 Å². The number of cyclic esters (lactones) is 1. The van der Waals surface area contributed by atoms with Gasteiger partial charge in [0.15, 0.2) is 6.04 Å². The summed E-state index contributed by atoms with van der Waals surface area (Å²) in [4.78, 5) is 67.3. The molecule has 11 nitrogen and oxygen atoms in total. The van der Waals surface area contributed by atoms with Crippen molar-refractivity contribution in [3.8, 4) is 0 Å². The van der Waals surface area contributed by atoms with Gasteiger partial charge in [-0.2, -0.15) is 0 Å². The number of carbonyl (C=O) groups excluding carboxylic acids is 5. The van der Waals surface area contributed by atoms with Crippen LogP contribution in [0.3, 0.4) is 0 Å². The van der Waals surface area contributed by atoms with Gasteiger partial charge < -0.3 is 26.4 Å². The van der Waals surface area contributed by atoms with Gasteiger partial charge in [0, 0.05) is 11.1 Å². The third-order valence-corrected chi connectivity index (χ3v) is 7.33. The van der Waals surface area contributed by atoms with Gasteiger partial charge in [-0.1, -0.05) is 31.7 Å². The Balaban J connectivity index is 2.25. The summed E-state index contributed by atoms with van der Waals surface area (Å²) in [6.07, 6.45) is 2.87. The summed E-state index contributed by atoms with van der Waals surface area (Å²) in [6.45, 7) is 8.40. The number of ether oxygens (including phenoxy) is 1. The van der Waals surface area contributed by atoms with E-state index in [-0.39, 0.29) is 41.6 Å². The average molecular weight is 555 g/mol. The lowest BCUT2D eigenvalue weighted by molar-refractivity contribution is -0.395. The van der Waals surface area contributed by atoms with E-state index in [0.717, 1.165) is 0 Å². The molecule has 1 aliphatic heterocycles. The molecule has 0 fully saturated rings. The number of thiazole rings is 1. The van der Waals surface area contributed by atoms with Crippen molar-refractivity contribution in [2.75, 3.05) is 5.75 Å². The molecule has 2 rings (SSSR count). The lowest BCUT2D eigenvalue weighted by Gasteiger charge is -2.29. The Bertz CT molecular complexity index is 1040. The lowest BCUT2D eigenvalue weighted by atomic mass is 9.99. The van der Waals surface area contributed by atoms with Gasteiger partial charge >= 0.3 is 5.97 Å². The van der Waals surface area contributed by atoms with E-state index in [4.69, 9.17) is 4.74 Å². The van der Waals surface area contributed by atoms with Gasteiger partial charge in [0.25, 0.3) is 5.91 Å². The number of esters is 1. The Morgan fingerprint density at radius 3 is 2.65 bits per heavy atom. The number of quaternary nitrogens is 1. The number of amides is 3. The number of carbonyl (C=O) groups is 5. The van der Waals surface area contributed by atoms with Crippen LogP contribution in [0.1, 0.15) is 63.0 Å². The second-order valence-electron chi connectivity index (χ2n) is 9.64. The fourth-order valence-electron chi connectivity index (χ4n) is 3.14. The van der Waals surface area contributed by atoms with Crippen molar-refractivity contribution >= 4 is 51.9 Å². The Kier molecular flexibility index (Phi) is 11.3. The zero-order valence-corrected chi connectivity index (χ0v) is 23.4. The number of thioether (sulfide) groups is 1. The molecule has 0 unspecified atom stereocenters. The number of hydrogen-bond donors (Lipinski definition) is 4. The van der Waals surface area contributed by atoms with Gasteiger partial charge in [-0.05, 0) is 39.2 Å². The van der Waals surface area contributed by atoms with Gasteiger partial charge in [0.1, 0.15) is 28.4 Å². The highest BCUT2D eigenvalue weighted by atomic mass is 32.2. The quantitative estimate of drug-likeness (QED) is 0.224. The molecule has 3 atom stereocenters. The molecule has 13 heteroatoms. The number of nitrogens with one attached hydrogen (secondary N) is 3. The molecular weight excluding hydrogens is 518 g/mol. The monoisotopic (exact) mass is 554 g/mol. The van der Waals surface area contributed by atoms with Crippen molar-refractivity contribution in [1.82, 2.24) is 20.9 Å². The van der Waals surface area contributed by atoms with Crippen LogP contribution in [0.2, 0.25) is 0 Å². The van der Waals surface area contributed by atoms with E-state index >= 15 is 0 Å². The summed E-state index contributed by atoms with van der Waals surface area (Å²) in [7, 11) is 0. The number of fused-ring (bicyclic) bond motifs is 2. The third-order valence-electron chi connectivity index (χ3n) is 5.36. The molecule has 0 spiro atoms. The number of hydrogen-bond acceptors (Lipinski definition) is 9. The first-order valence-electron chi connectivity index (χ1n) is 12.0. The molecule has 1 aromatic rings. The normalized spacial score (nSPS) is 22.2. The molecule has 3 amide bonds. The lowest BCUT2D eigenvalue weighted by Crippen LogP contribution is -2.62. The first-order valence-corrected chi connectivity index (χ1v) is 13.9. The van der Waals surface area contributed by atoms with Gasteiger partial charge in [0.05, 0.1) is 13.0 Å². The minimum Gasteiger partial charge on any atom is -0.456 e. The van der Waals surface area contributed by atoms with Crippen molar-refractivity contribution in [3.63, 3.8) is 0 Å². The molecule has 0 saturated heterocycles. The summed E-state index contributed by atoms with van der Waals surface area (Å²) >= 11 is 2.38. The highest BCUT2D eigenvalue weighted by Crippen LogP contribution is 2.15. The predicted molar refractivity (Wildman–Crippen MR) is 140 cm³/mol. The highest BCUT2D eigenvalue weighted by Gasteiger charge is 2.36. The molecule has 0 aliphatic carbocycles. The molecule has 0 saturated carbocycles. The Morgan fingerprint density at radius 2 is 2.00 bits per heavy atom. The van der Waals surface area contributed by atoms with Crippen molar-refractivity contribution in [3.05, 3.63) is 28.2 Å². The van der Waals surface area contributed by atoms with Crippen LogP contribution in [0.25, 0.3) is 0 Å². The Morgan fingerprint density at radius 1 is 1.30 bits per heavy atom. The van der Waals surface area contributed by atoms with Crippen LogP contribution in [0.15, 0.2) is 17.5 Å². The summed E-state index contributed by atoms with van der Waals surface area (Å²) in [6, 6.07) is -1.31. The fraction of sp³-hybridized carbons (Fsp3) is 0.583. The Hall–Kier alpha value is -2.77. The molecule has 2 bridgehead atoms. The molecule has 0 radical (unpaired) electrons. The molecule has 2 heterocycles. The van der Waals surface area contributed by atoms with Crippen LogP contribution >= 0.6 is 23.1 Å². The van der Waals surface area contributed by atoms with Crippen molar-refractivity contribution < 1.29 is 34.4 Å². The summed E-state index contributed by atoms with van der Waals surface area (Å²) in [5.74, 6) is -1.98. The zero-order chi connectivity index (χ0) is 27.8. The molecule has 1 aliphatic rings. The maximum atomic E-state index is 13.1. The topological polar surface area (TPSA) is 171 Å². The standard InChI is InChI=1S/C24H35N5O6S2/c1-13(2)19-21(32)35-15(8-6-7-9-36-22(33)14(3)25)10-17(30)26-11-18-27-16(12-37-18)20(31)29-24(4,5)23(34)28-19/h6,8,12-15,19H,7,9-11,25H2,1-5H3,(H,26,30)(H,28,34)(H,29,31)/p+1/b8-6+/t14-,15+,19-/m0/s1. The SMILES string of the molecule is CC(C)[C@@H]1NC(=O)C(C)(C)NC(=O)c2csc(n2)CNC(=O)C[C@@H](/C=C/CCSC(=O)[C@H](C)[NH3+])OC1=O. The van der Waals surface area contributed by atoms with Crippen LogP contribution in [-0.4, -0.2) is 63.3 Å². The smallest absolute Gasteiger partial charge is 0.329 e. The summed E-state index contributed by atoms with van der Waals surface area (Å²) in [5.41, 5.74) is 2.50. The van der Waals surface area contributed by atoms with Crippen LogP contribution in [0.4, 0.5) is 0 Å². The van der Waals surface area contributed by atoms with Gasteiger partial charge in [-0.25, -0.2) is 9.78 Å². The number of nitrogens with zero attached hydrogens (tertiary/aromatic N) is 1. The Labute approximate surface area is 224 Å². The largest absolute Gasteiger partial charge is 0.456 e. The van der Waals surface area contributed by atoms with Gasteiger partial charge in [-0.3, -0.25) is 19.2 Å². The first-order chi connectivity index (χ1) is 17.3. The van der Waals surface area contributed by atoms with Crippen molar-refractivity contribution in [2.45, 2.75) is 77.7 Å². The summed E-state index contributed by atoms with van der Waals surface area (Å²) in [5, 5.41) is 10.1. The van der Waals surface area contributed by atoms with E-state index in [0.29, 0.717) is 17.2 Å². The maximum absolute atomic E-state index is 13.1.